The Labute approximate surface area is 121 Å². The quantitative estimate of drug-likeness (QED) is 0.400. The molecule has 0 unspecified atom stereocenters. The Morgan fingerprint density at radius 3 is 2.38 bits per heavy atom. The van der Waals surface area contributed by atoms with Gasteiger partial charge in [0.2, 0.25) is 0 Å². The van der Waals surface area contributed by atoms with E-state index >= 15 is 0 Å². The van der Waals surface area contributed by atoms with E-state index in [1.165, 1.54) is 13.0 Å². The third-order valence-corrected chi connectivity index (χ3v) is 2.64. The Bertz CT molecular complexity index is 690. The minimum atomic E-state index is -0.451. The third kappa shape index (κ3) is 4.28. The summed E-state index contributed by atoms with van der Waals surface area (Å²) in [7, 11) is 0. The molecule has 0 bridgehead atoms. The number of phenols is 1. The van der Waals surface area contributed by atoms with Crippen molar-refractivity contribution < 1.29 is 14.6 Å². The van der Waals surface area contributed by atoms with Crippen molar-refractivity contribution in [2.45, 2.75) is 6.92 Å². The van der Waals surface area contributed by atoms with Crippen molar-refractivity contribution >= 4 is 23.8 Å². The van der Waals surface area contributed by atoms with E-state index in [0.717, 1.165) is 5.56 Å². The first-order valence-electron chi connectivity index (χ1n) is 6.21. The average Bonchev–Trinajstić information content (AvgIpc) is 2.44. The van der Waals surface area contributed by atoms with Gasteiger partial charge in [0.15, 0.2) is 0 Å². The van der Waals surface area contributed by atoms with Gasteiger partial charge in [-0.2, -0.15) is 0 Å². The number of ether oxygens (including phenoxy) is 1. The van der Waals surface area contributed by atoms with Gasteiger partial charge in [-0.25, -0.2) is 0 Å². The van der Waals surface area contributed by atoms with E-state index in [2.05, 4.69) is 5.18 Å². The Hall–Kier alpha value is -2.95. The highest BCUT2D eigenvalue weighted by Crippen LogP contribution is 2.23. The van der Waals surface area contributed by atoms with Crippen LogP contribution in [0.15, 0.2) is 47.6 Å². The minimum absolute atomic E-state index is 0.00824. The summed E-state index contributed by atoms with van der Waals surface area (Å²) in [5.74, 6) is -0.163. The van der Waals surface area contributed by atoms with Crippen molar-refractivity contribution in [2.24, 2.45) is 5.18 Å². The SMILES string of the molecule is CC(=O)Oc1cc(O)cc(/C=C/c2ccc(N=O)cc2)c1. The maximum absolute atomic E-state index is 10.9. The second-order valence-corrected chi connectivity index (χ2v) is 4.37. The van der Waals surface area contributed by atoms with Crippen molar-refractivity contribution in [1.82, 2.24) is 0 Å². The molecule has 21 heavy (non-hydrogen) atoms. The Kier molecular flexibility index (Phi) is 4.46. The Balaban J connectivity index is 2.21. The fourth-order valence-electron chi connectivity index (χ4n) is 1.77. The molecule has 0 saturated carbocycles. The monoisotopic (exact) mass is 283 g/mol. The van der Waals surface area contributed by atoms with E-state index in [-0.39, 0.29) is 11.5 Å². The summed E-state index contributed by atoms with van der Waals surface area (Å²) in [5.41, 5.74) is 1.92. The fourth-order valence-corrected chi connectivity index (χ4v) is 1.77. The summed E-state index contributed by atoms with van der Waals surface area (Å²) >= 11 is 0. The first kappa shape index (κ1) is 14.5. The number of aromatic hydroxyl groups is 1. The van der Waals surface area contributed by atoms with Gasteiger partial charge in [-0.3, -0.25) is 4.79 Å². The predicted octanol–water partition coefficient (Wildman–Crippen LogP) is 3.89. The summed E-state index contributed by atoms with van der Waals surface area (Å²) in [6, 6.07) is 11.3. The summed E-state index contributed by atoms with van der Waals surface area (Å²) in [4.78, 5) is 21.2. The van der Waals surface area contributed by atoms with E-state index in [4.69, 9.17) is 4.74 Å². The second kappa shape index (κ2) is 6.47. The highest BCUT2D eigenvalue weighted by molar-refractivity contribution is 5.73. The molecule has 2 rings (SSSR count). The first-order valence-corrected chi connectivity index (χ1v) is 6.21. The van der Waals surface area contributed by atoms with E-state index in [9.17, 15) is 14.8 Å². The highest BCUT2D eigenvalue weighted by atomic mass is 16.5. The summed E-state index contributed by atoms with van der Waals surface area (Å²) in [6.07, 6.45) is 3.57. The van der Waals surface area contributed by atoms with Crippen molar-refractivity contribution in [3.8, 4) is 11.5 Å². The molecule has 2 aromatic rings. The van der Waals surface area contributed by atoms with Crippen LogP contribution in [0, 0.1) is 4.91 Å². The van der Waals surface area contributed by atoms with Gasteiger partial charge in [-0.1, -0.05) is 24.3 Å². The van der Waals surface area contributed by atoms with Crippen molar-refractivity contribution in [3.05, 3.63) is 58.5 Å². The number of carbonyl (C=O) groups excluding carboxylic acids is 1. The first-order chi connectivity index (χ1) is 10.1. The van der Waals surface area contributed by atoms with Gasteiger partial charge in [0.1, 0.15) is 17.2 Å². The molecule has 5 heteroatoms. The molecule has 0 aliphatic carbocycles. The zero-order valence-corrected chi connectivity index (χ0v) is 11.3. The number of nitroso groups, excluding NO2 is 1. The molecule has 0 radical (unpaired) electrons. The maximum atomic E-state index is 10.9. The zero-order valence-electron chi connectivity index (χ0n) is 11.3. The lowest BCUT2D eigenvalue weighted by molar-refractivity contribution is -0.131. The van der Waals surface area contributed by atoms with Crippen LogP contribution in [0.3, 0.4) is 0 Å². The van der Waals surface area contributed by atoms with Gasteiger partial charge in [0.05, 0.1) is 0 Å². The van der Waals surface area contributed by atoms with Crippen LogP contribution in [0.1, 0.15) is 18.1 Å². The average molecular weight is 283 g/mol. The number of nitrogens with zero attached hydrogens (tertiary/aromatic N) is 1. The second-order valence-electron chi connectivity index (χ2n) is 4.37. The number of hydrogen-bond donors (Lipinski definition) is 1. The van der Waals surface area contributed by atoms with Crippen molar-refractivity contribution in [2.75, 3.05) is 0 Å². The lowest BCUT2D eigenvalue weighted by Gasteiger charge is -2.03. The van der Waals surface area contributed by atoms with Gasteiger partial charge in [0, 0.05) is 13.0 Å². The van der Waals surface area contributed by atoms with Crippen LogP contribution >= 0.6 is 0 Å². The van der Waals surface area contributed by atoms with E-state index in [1.807, 2.05) is 0 Å². The van der Waals surface area contributed by atoms with Gasteiger partial charge < -0.3 is 9.84 Å². The largest absolute Gasteiger partial charge is 0.508 e. The molecule has 5 nitrogen and oxygen atoms in total. The number of benzene rings is 2. The topological polar surface area (TPSA) is 76.0 Å². The van der Waals surface area contributed by atoms with Crippen LogP contribution in [-0.2, 0) is 4.79 Å². The molecule has 0 fully saturated rings. The van der Waals surface area contributed by atoms with Crippen LogP contribution in [-0.4, -0.2) is 11.1 Å². The van der Waals surface area contributed by atoms with Crippen LogP contribution in [0.5, 0.6) is 11.5 Å². The van der Waals surface area contributed by atoms with Gasteiger partial charge >= 0.3 is 5.97 Å². The molecule has 0 spiro atoms. The minimum Gasteiger partial charge on any atom is -0.508 e. The predicted molar refractivity (Wildman–Crippen MR) is 80.2 cm³/mol. The molecule has 0 aliphatic heterocycles. The van der Waals surface area contributed by atoms with E-state index < -0.39 is 5.97 Å². The summed E-state index contributed by atoms with van der Waals surface area (Å²) in [5, 5.41) is 12.4. The maximum Gasteiger partial charge on any atom is 0.308 e. The molecule has 0 heterocycles. The van der Waals surface area contributed by atoms with Crippen LogP contribution < -0.4 is 4.74 Å². The number of esters is 1. The van der Waals surface area contributed by atoms with Crippen LogP contribution in [0.2, 0.25) is 0 Å². The molecule has 0 saturated heterocycles. The van der Waals surface area contributed by atoms with Crippen molar-refractivity contribution in [3.63, 3.8) is 0 Å². The third-order valence-electron chi connectivity index (χ3n) is 2.64. The molecule has 0 aliphatic rings. The number of phenolic OH excluding ortho intramolecular Hbond substituents is 1. The van der Waals surface area contributed by atoms with Crippen molar-refractivity contribution in [1.29, 1.82) is 0 Å². The molecule has 2 aromatic carbocycles. The number of carbonyl (C=O) groups is 1. The van der Waals surface area contributed by atoms with Gasteiger partial charge in [-0.05, 0) is 40.6 Å². The van der Waals surface area contributed by atoms with E-state index in [0.29, 0.717) is 11.3 Å². The normalized spacial score (nSPS) is 10.5. The molecular weight excluding hydrogens is 270 g/mol. The zero-order chi connectivity index (χ0) is 15.2. The Morgan fingerprint density at radius 2 is 1.76 bits per heavy atom. The standard InChI is InChI=1S/C16H13NO4/c1-11(18)21-16-9-13(8-15(19)10-16)3-2-12-4-6-14(17-20)7-5-12/h2-10,19H,1H3/b3-2+. The molecule has 1 N–H and O–H groups in total. The number of rotatable bonds is 4. The number of hydrogen-bond acceptors (Lipinski definition) is 5. The molecular formula is C16H13NO4. The van der Waals surface area contributed by atoms with Gasteiger partial charge in [0.25, 0.3) is 0 Å². The molecule has 0 amide bonds. The lowest BCUT2D eigenvalue weighted by Crippen LogP contribution is -2.01. The smallest absolute Gasteiger partial charge is 0.308 e. The van der Waals surface area contributed by atoms with Gasteiger partial charge in [-0.15, -0.1) is 4.91 Å². The summed E-state index contributed by atoms with van der Waals surface area (Å²) < 4.78 is 4.94. The van der Waals surface area contributed by atoms with E-state index in [1.54, 1.807) is 48.6 Å². The molecule has 0 aromatic heterocycles. The lowest BCUT2D eigenvalue weighted by atomic mass is 10.1. The fraction of sp³-hybridized carbons (Fsp3) is 0.0625. The molecule has 106 valence electrons. The molecule has 0 atom stereocenters. The highest BCUT2D eigenvalue weighted by Gasteiger charge is 2.02. The summed E-state index contributed by atoms with van der Waals surface area (Å²) in [6.45, 7) is 1.29. The Morgan fingerprint density at radius 1 is 1.10 bits per heavy atom. The van der Waals surface area contributed by atoms with Crippen LogP contribution in [0.4, 0.5) is 5.69 Å². The van der Waals surface area contributed by atoms with Crippen LogP contribution in [0.25, 0.3) is 12.2 Å².